The van der Waals surface area contributed by atoms with E-state index in [9.17, 15) is 9.59 Å². The molecule has 1 aliphatic rings. The van der Waals surface area contributed by atoms with Crippen molar-refractivity contribution in [2.24, 2.45) is 0 Å². The van der Waals surface area contributed by atoms with E-state index >= 15 is 0 Å². The van der Waals surface area contributed by atoms with Crippen molar-refractivity contribution in [1.29, 1.82) is 0 Å². The van der Waals surface area contributed by atoms with Gasteiger partial charge in [0.1, 0.15) is 0 Å². The molecule has 1 amide bonds. The van der Waals surface area contributed by atoms with Crippen molar-refractivity contribution >= 4 is 17.6 Å². The number of carbonyl (C=O) groups excluding carboxylic acids is 1. The van der Waals surface area contributed by atoms with Gasteiger partial charge < -0.3 is 15.3 Å². The van der Waals surface area contributed by atoms with Gasteiger partial charge in [-0.2, -0.15) is 0 Å². The monoisotopic (exact) mass is 276 g/mol. The predicted molar refractivity (Wildman–Crippen MR) is 77.2 cm³/mol. The van der Waals surface area contributed by atoms with Gasteiger partial charge in [-0.3, -0.25) is 4.79 Å². The van der Waals surface area contributed by atoms with Crippen LogP contribution >= 0.6 is 0 Å². The highest BCUT2D eigenvalue weighted by Crippen LogP contribution is 2.29. The fourth-order valence-corrected chi connectivity index (χ4v) is 2.21. The van der Waals surface area contributed by atoms with E-state index < -0.39 is 5.97 Å². The van der Waals surface area contributed by atoms with Crippen LogP contribution in [0.2, 0.25) is 0 Å². The van der Waals surface area contributed by atoms with Gasteiger partial charge in [-0.1, -0.05) is 6.07 Å². The maximum atomic E-state index is 12.3. The Morgan fingerprint density at radius 3 is 2.65 bits per heavy atom. The van der Waals surface area contributed by atoms with Crippen LogP contribution in [0.15, 0.2) is 18.2 Å². The molecule has 2 rings (SSSR count). The van der Waals surface area contributed by atoms with Crippen molar-refractivity contribution in [2.45, 2.75) is 32.7 Å². The lowest BCUT2D eigenvalue weighted by Crippen LogP contribution is -2.44. The Morgan fingerprint density at radius 2 is 2.05 bits per heavy atom. The van der Waals surface area contributed by atoms with Crippen molar-refractivity contribution in [1.82, 2.24) is 5.32 Å². The van der Waals surface area contributed by atoms with Crippen molar-refractivity contribution in [3.05, 3.63) is 29.3 Å². The van der Waals surface area contributed by atoms with Gasteiger partial charge in [0.25, 0.3) is 0 Å². The summed E-state index contributed by atoms with van der Waals surface area (Å²) in [7, 11) is 0. The second-order valence-electron chi connectivity index (χ2n) is 6.05. The zero-order valence-electron chi connectivity index (χ0n) is 12.1. The molecular weight excluding hydrogens is 256 g/mol. The molecule has 0 saturated carbocycles. The standard InChI is InChI=1S/C15H20N2O3/c1-15(2,3)16-9-13(18)17-7-6-10-4-5-11(14(19)20)8-12(10)17/h4-5,8,16H,6-7,9H2,1-3H3,(H,19,20). The number of benzene rings is 1. The van der Waals surface area contributed by atoms with Crippen LogP contribution in [0.3, 0.4) is 0 Å². The van der Waals surface area contributed by atoms with Crippen molar-refractivity contribution in [3.63, 3.8) is 0 Å². The summed E-state index contributed by atoms with van der Waals surface area (Å²) in [4.78, 5) is 24.9. The largest absolute Gasteiger partial charge is 0.478 e. The molecule has 0 unspecified atom stereocenters. The number of nitrogens with zero attached hydrogens (tertiary/aromatic N) is 1. The summed E-state index contributed by atoms with van der Waals surface area (Å²) in [5, 5.41) is 12.2. The first-order chi connectivity index (χ1) is 9.28. The van der Waals surface area contributed by atoms with Gasteiger partial charge in [-0.25, -0.2) is 4.79 Å². The highest BCUT2D eigenvalue weighted by atomic mass is 16.4. The van der Waals surface area contributed by atoms with Gasteiger partial charge >= 0.3 is 5.97 Å². The SMILES string of the molecule is CC(C)(C)NCC(=O)N1CCc2ccc(C(=O)O)cc21. The topological polar surface area (TPSA) is 69.6 Å². The third-order valence-corrected chi connectivity index (χ3v) is 3.30. The quantitative estimate of drug-likeness (QED) is 0.881. The zero-order valence-corrected chi connectivity index (χ0v) is 12.1. The number of aromatic carboxylic acids is 1. The van der Waals surface area contributed by atoms with Gasteiger partial charge in [-0.05, 0) is 44.9 Å². The third-order valence-electron chi connectivity index (χ3n) is 3.30. The smallest absolute Gasteiger partial charge is 0.335 e. The summed E-state index contributed by atoms with van der Waals surface area (Å²) in [6.45, 7) is 6.87. The molecule has 0 aromatic heterocycles. The third kappa shape index (κ3) is 3.17. The Labute approximate surface area is 118 Å². The normalized spacial score (nSPS) is 14.2. The number of nitrogens with one attached hydrogen (secondary N) is 1. The molecule has 0 bridgehead atoms. The molecule has 5 heteroatoms. The first kappa shape index (κ1) is 14.5. The fraction of sp³-hybridized carbons (Fsp3) is 0.467. The van der Waals surface area contributed by atoms with Crippen molar-refractivity contribution in [3.8, 4) is 0 Å². The lowest BCUT2D eigenvalue weighted by molar-refractivity contribution is -0.118. The van der Waals surface area contributed by atoms with E-state index in [1.807, 2.05) is 20.8 Å². The van der Waals surface area contributed by atoms with E-state index in [-0.39, 0.29) is 23.6 Å². The van der Waals surface area contributed by atoms with Crippen LogP contribution in [0.1, 0.15) is 36.7 Å². The van der Waals surface area contributed by atoms with Gasteiger partial charge in [-0.15, -0.1) is 0 Å². The molecule has 1 aromatic carbocycles. The molecule has 0 saturated heterocycles. The summed E-state index contributed by atoms with van der Waals surface area (Å²) in [5.74, 6) is -0.999. The molecule has 0 atom stereocenters. The van der Waals surface area contributed by atoms with E-state index in [0.717, 1.165) is 17.7 Å². The summed E-state index contributed by atoms with van der Waals surface area (Å²) < 4.78 is 0. The number of amides is 1. The minimum atomic E-state index is -0.972. The lowest BCUT2D eigenvalue weighted by Gasteiger charge is -2.23. The van der Waals surface area contributed by atoms with Crippen LogP contribution in [0.5, 0.6) is 0 Å². The maximum Gasteiger partial charge on any atom is 0.335 e. The Kier molecular flexibility index (Phi) is 3.81. The summed E-state index contributed by atoms with van der Waals surface area (Å²) in [6.07, 6.45) is 0.774. The molecule has 0 spiro atoms. The fourth-order valence-electron chi connectivity index (χ4n) is 2.21. The number of rotatable bonds is 3. The van der Waals surface area contributed by atoms with E-state index in [0.29, 0.717) is 6.54 Å². The molecular formula is C15H20N2O3. The average Bonchev–Trinajstić information content (AvgIpc) is 2.77. The van der Waals surface area contributed by atoms with E-state index in [1.165, 1.54) is 0 Å². The van der Waals surface area contributed by atoms with Crippen LogP contribution in [-0.2, 0) is 11.2 Å². The summed E-state index contributed by atoms with van der Waals surface area (Å²) in [5.41, 5.74) is 1.85. The number of anilines is 1. The van der Waals surface area contributed by atoms with Gasteiger partial charge in [0.05, 0.1) is 12.1 Å². The van der Waals surface area contributed by atoms with Crippen LogP contribution in [-0.4, -0.2) is 35.6 Å². The minimum absolute atomic E-state index is 0.0267. The maximum absolute atomic E-state index is 12.3. The number of fused-ring (bicyclic) bond motifs is 1. The highest BCUT2D eigenvalue weighted by Gasteiger charge is 2.26. The van der Waals surface area contributed by atoms with E-state index in [2.05, 4.69) is 5.32 Å². The van der Waals surface area contributed by atoms with Crippen LogP contribution < -0.4 is 10.2 Å². The van der Waals surface area contributed by atoms with Gasteiger partial charge in [0.15, 0.2) is 0 Å². The van der Waals surface area contributed by atoms with Crippen LogP contribution in [0.4, 0.5) is 5.69 Å². The van der Waals surface area contributed by atoms with Crippen LogP contribution in [0.25, 0.3) is 0 Å². The number of carbonyl (C=O) groups is 2. The summed E-state index contributed by atoms with van der Waals surface area (Å²) >= 11 is 0. The Morgan fingerprint density at radius 1 is 1.35 bits per heavy atom. The van der Waals surface area contributed by atoms with Crippen molar-refractivity contribution in [2.75, 3.05) is 18.0 Å². The average molecular weight is 276 g/mol. The Balaban J connectivity index is 2.16. The second kappa shape index (κ2) is 5.25. The molecule has 0 fully saturated rings. The molecule has 1 aromatic rings. The molecule has 0 radical (unpaired) electrons. The van der Waals surface area contributed by atoms with Crippen molar-refractivity contribution < 1.29 is 14.7 Å². The highest BCUT2D eigenvalue weighted by molar-refractivity contribution is 5.98. The first-order valence-electron chi connectivity index (χ1n) is 6.69. The predicted octanol–water partition coefficient (Wildman–Crippen LogP) is 1.66. The van der Waals surface area contributed by atoms with E-state index in [1.54, 1.807) is 23.1 Å². The van der Waals surface area contributed by atoms with E-state index in [4.69, 9.17) is 5.11 Å². The van der Waals surface area contributed by atoms with Gasteiger partial charge in [0.2, 0.25) is 5.91 Å². The van der Waals surface area contributed by atoms with Crippen LogP contribution in [0, 0.1) is 0 Å². The first-order valence-corrected chi connectivity index (χ1v) is 6.69. The lowest BCUT2D eigenvalue weighted by atomic mass is 10.1. The zero-order chi connectivity index (χ0) is 14.9. The molecule has 108 valence electrons. The Hall–Kier alpha value is -1.88. The molecule has 5 nitrogen and oxygen atoms in total. The number of hydrogen-bond donors (Lipinski definition) is 2. The molecule has 20 heavy (non-hydrogen) atoms. The number of carboxylic acids is 1. The minimum Gasteiger partial charge on any atom is -0.478 e. The molecule has 1 heterocycles. The molecule has 0 aliphatic carbocycles. The molecule has 1 aliphatic heterocycles. The number of hydrogen-bond acceptors (Lipinski definition) is 3. The van der Waals surface area contributed by atoms with Gasteiger partial charge in [0, 0.05) is 17.8 Å². The molecule has 2 N–H and O–H groups in total. The number of carboxylic acid groups (broad SMARTS) is 1. The Bertz CT molecular complexity index is 547. The summed E-state index contributed by atoms with van der Waals surface area (Å²) in [6, 6.07) is 4.96. The second-order valence-corrected chi connectivity index (χ2v) is 6.05.